The molecule has 0 heterocycles. The monoisotopic (exact) mass is 190 g/mol. The van der Waals surface area contributed by atoms with E-state index in [1.54, 1.807) is 0 Å². The third-order valence-electron chi connectivity index (χ3n) is 1.48. The van der Waals surface area contributed by atoms with Gasteiger partial charge in [-0.3, -0.25) is 11.3 Å². The van der Waals surface area contributed by atoms with Gasteiger partial charge < -0.3 is 9.47 Å². The van der Waals surface area contributed by atoms with Crippen molar-refractivity contribution >= 4 is 0 Å². The zero-order valence-electron chi connectivity index (χ0n) is 9.09. The Morgan fingerprint density at radius 3 is 2.31 bits per heavy atom. The van der Waals surface area contributed by atoms with Gasteiger partial charge in [0.15, 0.2) is 0 Å². The van der Waals surface area contributed by atoms with Crippen LogP contribution < -0.4 is 11.3 Å². The lowest BCUT2D eigenvalue weighted by atomic mass is 10.2. The highest BCUT2D eigenvalue weighted by atomic mass is 16.5. The Morgan fingerprint density at radius 1 is 1.31 bits per heavy atom. The Kier molecular flexibility index (Phi) is 6.24. The first kappa shape index (κ1) is 12.8. The van der Waals surface area contributed by atoms with Crippen LogP contribution in [0.2, 0.25) is 0 Å². The molecule has 1 unspecified atom stereocenters. The molecule has 0 saturated heterocycles. The van der Waals surface area contributed by atoms with Crippen LogP contribution in [0.1, 0.15) is 27.7 Å². The molecule has 0 radical (unpaired) electrons. The fourth-order valence-electron chi connectivity index (χ4n) is 0.755. The molecule has 4 heteroatoms. The van der Waals surface area contributed by atoms with E-state index in [0.29, 0.717) is 19.8 Å². The predicted octanol–water partition coefficient (Wildman–Crippen LogP) is 0.670. The van der Waals surface area contributed by atoms with Crippen molar-refractivity contribution in [2.75, 3.05) is 19.8 Å². The molecule has 3 N–H and O–H groups in total. The van der Waals surface area contributed by atoms with Crippen LogP contribution in [-0.4, -0.2) is 31.5 Å². The van der Waals surface area contributed by atoms with Gasteiger partial charge in [-0.1, -0.05) is 0 Å². The van der Waals surface area contributed by atoms with Crippen LogP contribution >= 0.6 is 0 Å². The molecule has 0 aliphatic carbocycles. The summed E-state index contributed by atoms with van der Waals surface area (Å²) in [6.07, 6.45) is 0. The van der Waals surface area contributed by atoms with Crippen LogP contribution in [0.15, 0.2) is 0 Å². The lowest BCUT2D eigenvalue weighted by Crippen LogP contribution is -2.43. The molecule has 0 amide bonds. The summed E-state index contributed by atoms with van der Waals surface area (Å²) in [5, 5.41) is 0. The number of ether oxygens (including phenoxy) is 2. The topological polar surface area (TPSA) is 56.5 Å². The van der Waals surface area contributed by atoms with Crippen molar-refractivity contribution in [1.82, 2.24) is 5.43 Å². The average Bonchev–Trinajstić information content (AvgIpc) is 2.03. The van der Waals surface area contributed by atoms with Crippen molar-refractivity contribution in [3.63, 3.8) is 0 Å². The average molecular weight is 190 g/mol. The van der Waals surface area contributed by atoms with Crippen molar-refractivity contribution in [3.8, 4) is 0 Å². The molecule has 0 fully saturated rings. The number of nitrogens with one attached hydrogen (secondary N) is 1. The maximum absolute atomic E-state index is 5.56. The minimum absolute atomic E-state index is 0.0687. The van der Waals surface area contributed by atoms with E-state index in [0.717, 1.165) is 0 Å². The van der Waals surface area contributed by atoms with Crippen molar-refractivity contribution in [3.05, 3.63) is 0 Å². The fraction of sp³-hybridized carbons (Fsp3) is 1.00. The highest BCUT2D eigenvalue weighted by molar-refractivity contribution is 4.65. The van der Waals surface area contributed by atoms with Crippen LogP contribution in [0.4, 0.5) is 0 Å². The fourth-order valence-corrected chi connectivity index (χ4v) is 0.755. The second kappa shape index (κ2) is 6.32. The SMILES string of the molecule is CCOCC(COC(C)(C)C)NN. The van der Waals surface area contributed by atoms with Crippen LogP contribution in [0.3, 0.4) is 0 Å². The number of hydrazine groups is 1. The Balaban J connectivity index is 3.59. The van der Waals surface area contributed by atoms with Crippen LogP contribution in [-0.2, 0) is 9.47 Å². The normalized spacial score (nSPS) is 14.5. The van der Waals surface area contributed by atoms with E-state index >= 15 is 0 Å². The van der Waals surface area contributed by atoms with Crippen molar-refractivity contribution in [1.29, 1.82) is 0 Å². The molecule has 0 aliphatic rings. The van der Waals surface area contributed by atoms with Crippen LogP contribution in [0.5, 0.6) is 0 Å². The molecule has 0 aromatic carbocycles. The van der Waals surface area contributed by atoms with Gasteiger partial charge in [0.1, 0.15) is 0 Å². The quantitative estimate of drug-likeness (QED) is 0.477. The summed E-state index contributed by atoms with van der Waals surface area (Å²) in [5.74, 6) is 5.33. The Hall–Kier alpha value is -0.160. The molecule has 80 valence electrons. The highest BCUT2D eigenvalue weighted by Crippen LogP contribution is 2.06. The lowest BCUT2D eigenvalue weighted by molar-refractivity contribution is -0.0272. The molecule has 1 atom stereocenters. The summed E-state index contributed by atoms with van der Waals surface area (Å²) >= 11 is 0. The molecule has 0 rings (SSSR count). The smallest absolute Gasteiger partial charge is 0.0678 e. The van der Waals surface area contributed by atoms with Gasteiger partial charge in [-0.2, -0.15) is 0 Å². The van der Waals surface area contributed by atoms with E-state index in [1.165, 1.54) is 0 Å². The maximum Gasteiger partial charge on any atom is 0.0678 e. The zero-order chi connectivity index (χ0) is 10.3. The van der Waals surface area contributed by atoms with E-state index < -0.39 is 0 Å². The van der Waals surface area contributed by atoms with Crippen molar-refractivity contribution in [2.24, 2.45) is 5.84 Å². The highest BCUT2D eigenvalue weighted by Gasteiger charge is 2.14. The van der Waals surface area contributed by atoms with E-state index in [9.17, 15) is 0 Å². The maximum atomic E-state index is 5.56. The van der Waals surface area contributed by atoms with Crippen LogP contribution in [0.25, 0.3) is 0 Å². The van der Waals surface area contributed by atoms with E-state index in [4.69, 9.17) is 15.3 Å². The van der Waals surface area contributed by atoms with Crippen LogP contribution in [0, 0.1) is 0 Å². The molecule has 13 heavy (non-hydrogen) atoms. The summed E-state index contributed by atoms with van der Waals surface area (Å²) in [5.41, 5.74) is 2.54. The van der Waals surface area contributed by atoms with Gasteiger partial charge in [-0.05, 0) is 27.7 Å². The first-order valence-corrected chi connectivity index (χ1v) is 4.67. The number of rotatable bonds is 6. The molecule has 0 spiro atoms. The third-order valence-corrected chi connectivity index (χ3v) is 1.48. The van der Waals surface area contributed by atoms with E-state index in [1.807, 2.05) is 27.7 Å². The van der Waals surface area contributed by atoms with E-state index in [2.05, 4.69) is 5.43 Å². The molecule has 0 saturated carbocycles. The predicted molar refractivity (Wildman–Crippen MR) is 53.3 cm³/mol. The third kappa shape index (κ3) is 8.18. The molecule has 0 aromatic rings. The molecular weight excluding hydrogens is 168 g/mol. The minimum Gasteiger partial charge on any atom is -0.380 e. The van der Waals surface area contributed by atoms with Gasteiger partial charge in [0.25, 0.3) is 0 Å². The summed E-state index contributed by atoms with van der Waals surface area (Å²) in [4.78, 5) is 0. The minimum atomic E-state index is -0.124. The van der Waals surface area contributed by atoms with E-state index in [-0.39, 0.29) is 11.6 Å². The summed E-state index contributed by atoms with van der Waals surface area (Å²) in [6, 6.07) is 0.0687. The second-order valence-electron chi connectivity index (χ2n) is 3.95. The molecule has 0 aliphatic heterocycles. The Bertz CT molecular complexity index is 123. The van der Waals surface area contributed by atoms with Crippen molar-refractivity contribution < 1.29 is 9.47 Å². The van der Waals surface area contributed by atoms with Gasteiger partial charge in [0.2, 0.25) is 0 Å². The molecule has 4 nitrogen and oxygen atoms in total. The van der Waals surface area contributed by atoms with Crippen molar-refractivity contribution in [2.45, 2.75) is 39.3 Å². The molecule has 0 bridgehead atoms. The number of hydrogen-bond acceptors (Lipinski definition) is 4. The van der Waals surface area contributed by atoms with Gasteiger partial charge >= 0.3 is 0 Å². The standard InChI is InChI=1S/C9H22N2O2/c1-5-12-6-8(11-10)7-13-9(2,3)4/h8,11H,5-7,10H2,1-4H3. The second-order valence-corrected chi connectivity index (χ2v) is 3.95. The summed E-state index contributed by atoms with van der Waals surface area (Å²) in [7, 11) is 0. The number of hydrogen-bond donors (Lipinski definition) is 2. The first-order valence-electron chi connectivity index (χ1n) is 4.67. The van der Waals surface area contributed by atoms with Gasteiger partial charge in [-0.15, -0.1) is 0 Å². The van der Waals surface area contributed by atoms with Gasteiger partial charge in [0.05, 0.1) is 24.9 Å². The van der Waals surface area contributed by atoms with Gasteiger partial charge in [-0.25, -0.2) is 0 Å². The first-order chi connectivity index (χ1) is 5.99. The Labute approximate surface area is 80.7 Å². The summed E-state index contributed by atoms with van der Waals surface area (Å²) in [6.45, 7) is 9.86. The number of nitrogens with two attached hydrogens (primary N) is 1. The Morgan fingerprint density at radius 2 is 1.92 bits per heavy atom. The summed E-state index contributed by atoms with van der Waals surface area (Å²) < 4.78 is 10.8. The largest absolute Gasteiger partial charge is 0.380 e. The zero-order valence-corrected chi connectivity index (χ0v) is 9.09. The molecular formula is C9H22N2O2. The lowest BCUT2D eigenvalue weighted by Gasteiger charge is -2.23. The molecule has 0 aromatic heterocycles. The van der Waals surface area contributed by atoms with Gasteiger partial charge in [0, 0.05) is 6.61 Å².